The summed E-state index contributed by atoms with van der Waals surface area (Å²) < 4.78 is 0. The Labute approximate surface area is 149 Å². The monoisotopic (exact) mass is 422 g/mol. The third kappa shape index (κ3) is 3.33. The van der Waals surface area contributed by atoms with Crippen LogP contribution < -0.4 is 9.80 Å². The van der Waals surface area contributed by atoms with E-state index in [0.717, 1.165) is 23.7 Å². The molecule has 1 fully saturated rings. The predicted molar refractivity (Wildman–Crippen MR) is 103 cm³/mol. The topological polar surface area (TPSA) is 6.48 Å². The van der Waals surface area contributed by atoms with Gasteiger partial charge in [0.2, 0.25) is 0 Å². The van der Waals surface area contributed by atoms with Gasteiger partial charge < -0.3 is 9.80 Å². The maximum absolute atomic E-state index is 3.72. The van der Waals surface area contributed by atoms with Crippen LogP contribution in [0.4, 0.5) is 11.4 Å². The molecule has 1 heterocycles. The minimum Gasteiger partial charge on any atom is -0.367 e. The highest BCUT2D eigenvalue weighted by Gasteiger charge is 2.33. The van der Waals surface area contributed by atoms with Gasteiger partial charge in [-0.05, 0) is 24.3 Å². The zero-order chi connectivity index (χ0) is 15.4. The van der Waals surface area contributed by atoms with Crippen LogP contribution in [0.2, 0.25) is 0 Å². The maximum atomic E-state index is 3.72. The summed E-state index contributed by atoms with van der Waals surface area (Å²) in [4.78, 5) is 5.06. The number of benzene rings is 2. The highest BCUT2D eigenvalue weighted by molar-refractivity contribution is 9.09. The molecule has 0 saturated carbocycles. The van der Waals surface area contributed by atoms with Crippen LogP contribution in [0.5, 0.6) is 0 Å². The van der Waals surface area contributed by atoms with Gasteiger partial charge in [-0.15, -0.1) is 0 Å². The van der Waals surface area contributed by atoms with Crippen LogP contribution in [-0.4, -0.2) is 35.8 Å². The lowest BCUT2D eigenvalue weighted by Gasteiger charge is -2.48. The van der Waals surface area contributed by atoms with Crippen molar-refractivity contribution in [2.24, 2.45) is 0 Å². The van der Waals surface area contributed by atoms with Gasteiger partial charge in [0.15, 0.2) is 0 Å². The summed E-state index contributed by atoms with van der Waals surface area (Å²) in [7, 11) is 0. The first-order valence-corrected chi connectivity index (χ1v) is 9.83. The van der Waals surface area contributed by atoms with Crippen molar-refractivity contribution >= 4 is 43.2 Å². The van der Waals surface area contributed by atoms with Crippen molar-refractivity contribution in [1.82, 2.24) is 0 Å². The molecule has 1 saturated heterocycles. The highest BCUT2D eigenvalue weighted by atomic mass is 79.9. The standard InChI is InChI=1S/C18H20Br2N2/c19-11-17-13-21(15-7-3-1-4-8-15)14-18(12-20)22(17)16-9-5-2-6-10-16/h1-10,17-18H,11-14H2/t17-,18-/m0/s1. The second kappa shape index (κ2) is 7.51. The molecule has 0 radical (unpaired) electrons. The number of hydrogen-bond donors (Lipinski definition) is 0. The third-order valence-electron chi connectivity index (χ3n) is 4.18. The van der Waals surface area contributed by atoms with E-state index >= 15 is 0 Å². The highest BCUT2D eigenvalue weighted by Crippen LogP contribution is 2.29. The zero-order valence-corrected chi connectivity index (χ0v) is 15.6. The van der Waals surface area contributed by atoms with Gasteiger partial charge in [0.05, 0.1) is 12.1 Å². The molecule has 0 bridgehead atoms. The van der Waals surface area contributed by atoms with Gasteiger partial charge in [-0.3, -0.25) is 0 Å². The summed E-state index contributed by atoms with van der Waals surface area (Å²) in [6.45, 7) is 2.07. The average molecular weight is 424 g/mol. The van der Waals surface area contributed by atoms with Crippen molar-refractivity contribution < 1.29 is 0 Å². The van der Waals surface area contributed by atoms with Crippen molar-refractivity contribution in [3.8, 4) is 0 Å². The largest absolute Gasteiger partial charge is 0.367 e. The average Bonchev–Trinajstić information content (AvgIpc) is 2.62. The van der Waals surface area contributed by atoms with Gasteiger partial charge in [-0.1, -0.05) is 68.3 Å². The summed E-state index contributed by atoms with van der Waals surface area (Å²) in [6, 6.07) is 22.4. The minimum atomic E-state index is 0.457. The van der Waals surface area contributed by atoms with Crippen LogP contribution in [0.1, 0.15) is 0 Å². The summed E-state index contributed by atoms with van der Waals surface area (Å²) in [5.41, 5.74) is 2.62. The molecular weight excluding hydrogens is 404 g/mol. The number of alkyl halides is 2. The molecule has 1 aliphatic heterocycles. The number of piperazine rings is 1. The van der Waals surface area contributed by atoms with E-state index in [-0.39, 0.29) is 0 Å². The summed E-state index contributed by atoms with van der Waals surface area (Å²) in [6.07, 6.45) is 0. The lowest BCUT2D eigenvalue weighted by atomic mass is 10.1. The fourth-order valence-corrected chi connectivity index (χ4v) is 4.21. The number of anilines is 2. The molecule has 4 heteroatoms. The smallest absolute Gasteiger partial charge is 0.0566 e. The Morgan fingerprint density at radius 2 is 1.18 bits per heavy atom. The first-order chi connectivity index (χ1) is 10.8. The van der Waals surface area contributed by atoms with Crippen LogP contribution in [0.3, 0.4) is 0 Å². The molecule has 0 aliphatic carbocycles. The number of nitrogens with zero attached hydrogens (tertiary/aromatic N) is 2. The molecule has 2 aromatic carbocycles. The minimum absolute atomic E-state index is 0.457. The second-order valence-electron chi connectivity index (χ2n) is 5.60. The Balaban J connectivity index is 1.88. The summed E-state index contributed by atoms with van der Waals surface area (Å²) in [5.74, 6) is 0. The van der Waals surface area contributed by atoms with Crippen molar-refractivity contribution in [1.29, 1.82) is 0 Å². The van der Waals surface area contributed by atoms with E-state index in [9.17, 15) is 0 Å². The van der Waals surface area contributed by atoms with Crippen molar-refractivity contribution in [2.75, 3.05) is 33.5 Å². The Kier molecular flexibility index (Phi) is 5.42. The maximum Gasteiger partial charge on any atom is 0.0566 e. The molecule has 2 aromatic rings. The van der Waals surface area contributed by atoms with E-state index < -0.39 is 0 Å². The molecule has 3 rings (SSSR count). The van der Waals surface area contributed by atoms with E-state index in [1.54, 1.807) is 0 Å². The zero-order valence-electron chi connectivity index (χ0n) is 12.4. The van der Waals surface area contributed by atoms with Gasteiger partial charge >= 0.3 is 0 Å². The molecular formula is C18H20Br2N2. The lowest BCUT2D eigenvalue weighted by Crippen LogP contribution is -2.60. The van der Waals surface area contributed by atoms with Gasteiger partial charge in [0.1, 0.15) is 0 Å². The van der Waals surface area contributed by atoms with Crippen LogP contribution in [0.25, 0.3) is 0 Å². The Morgan fingerprint density at radius 3 is 1.64 bits per heavy atom. The van der Waals surface area contributed by atoms with Crippen molar-refractivity contribution in [2.45, 2.75) is 12.1 Å². The van der Waals surface area contributed by atoms with E-state index in [2.05, 4.69) is 102 Å². The second-order valence-corrected chi connectivity index (χ2v) is 6.89. The first-order valence-electron chi connectivity index (χ1n) is 7.58. The van der Waals surface area contributed by atoms with Crippen LogP contribution in [-0.2, 0) is 0 Å². The molecule has 116 valence electrons. The summed E-state index contributed by atoms with van der Waals surface area (Å²) >= 11 is 7.44. The molecule has 2 atom stereocenters. The van der Waals surface area contributed by atoms with Gasteiger partial charge in [0.25, 0.3) is 0 Å². The van der Waals surface area contributed by atoms with Crippen LogP contribution in [0.15, 0.2) is 60.7 Å². The van der Waals surface area contributed by atoms with Gasteiger partial charge in [-0.25, -0.2) is 0 Å². The molecule has 22 heavy (non-hydrogen) atoms. The molecule has 0 unspecified atom stereocenters. The fraction of sp³-hybridized carbons (Fsp3) is 0.333. The van der Waals surface area contributed by atoms with Crippen molar-refractivity contribution in [3.63, 3.8) is 0 Å². The normalized spacial score (nSPS) is 21.9. The Bertz CT molecular complexity index is 562. The summed E-state index contributed by atoms with van der Waals surface area (Å²) in [5, 5.41) is 1.93. The lowest BCUT2D eigenvalue weighted by molar-refractivity contribution is 0.486. The molecule has 0 aromatic heterocycles. The quantitative estimate of drug-likeness (QED) is 0.666. The van der Waals surface area contributed by atoms with Crippen molar-refractivity contribution in [3.05, 3.63) is 60.7 Å². The fourth-order valence-electron chi connectivity index (χ4n) is 3.18. The Morgan fingerprint density at radius 1 is 0.727 bits per heavy atom. The number of para-hydroxylation sites is 2. The molecule has 1 aliphatic rings. The van der Waals surface area contributed by atoms with Crippen LogP contribution >= 0.6 is 31.9 Å². The SMILES string of the molecule is BrC[C@H]1CN(c2ccccc2)C[C@H](CBr)N1c1ccccc1. The first kappa shape index (κ1) is 15.9. The Hall–Kier alpha value is -1.00. The number of hydrogen-bond acceptors (Lipinski definition) is 2. The van der Waals surface area contributed by atoms with E-state index in [4.69, 9.17) is 0 Å². The molecule has 0 N–H and O–H groups in total. The van der Waals surface area contributed by atoms with Gasteiger partial charge in [-0.2, -0.15) is 0 Å². The number of rotatable bonds is 4. The molecule has 2 nitrogen and oxygen atoms in total. The van der Waals surface area contributed by atoms with Gasteiger partial charge in [0, 0.05) is 35.1 Å². The van der Waals surface area contributed by atoms with E-state index in [1.807, 2.05) is 0 Å². The van der Waals surface area contributed by atoms with E-state index in [1.165, 1.54) is 11.4 Å². The van der Waals surface area contributed by atoms with E-state index in [0.29, 0.717) is 12.1 Å². The number of halogens is 2. The molecule has 0 spiro atoms. The predicted octanol–water partition coefficient (Wildman–Crippen LogP) is 4.54. The van der Waals surface area contributed by atoms with Crippen LogP contribution in [0, 0.1) is 0 Å². The third-order valence-corrected chi connectivity index (χ3v) is 5.68. The molecule has 0 amide bonds.